The molecule has 9 heteroatoms. The largest absolute Gasteiger partial charge is 0.493 e. The summed E-state index contributed by atoms with van der Waals surface area (Å²) in [6, 6.07) is 12.0. The Labute approximate surface area is 192 Å². The van der Waals surface area contributed by atoms with E-state index in [1.807, 2.05) is 6.07 Å². The van der Waals surface area contributed by atoms with Crippen LogP contribution in [-0.2, 0) is 6.61 Å². The number of carbonyl (C=O) groups is 1. The van der Waals surface area contributed by atoms with Crippen LogP contribution in [-0.4, -0.2) is 24.2 Å². The molecule has 0 aliphatic heterocycles. The van der Waals surface area contributed by atoms with Gasteiger partial charge in [0.05, 0.1) is 23.4 Å². The van der Waals surface area contributed by atoms with E-state index in [2.05, 4.69) is 31.4 Å². The van der Waals surface area contributed by atoms with Gasteiger partial charge in [-0.2, -0.15) is 5.10 Å². The van der Waals surface area contributed by atoms with Crippen LogP contribution >= 0.6 is 39.1 Å². The van der Waals surface area contributed by atoms with Gasteiger partial charge in [-0.25, -0.2) is 5.43 Å². The second kappa shape index (κ2) is 10.4. The summed E-state index contributed by atoms with van der Waals surface area (Å²) in [7, 11) is 1.54. The molecular weight excluding hydrogens is 493 g/mol. The molecule has 6 nitrogen and oxygen atoms in total. The summed E-state index contributed by atoms with van der Waals surface area (Å²) in [5, 5.41) is 4.95. The first-order chi connectivity index (χ1) is 14.5. The van der Waals surface area contributed by atoms with Gasteiger partial charge in [0.1, 0.15) is 6.61 Å². The number of halogens is 3. The van der Waals surface area contributed by atoms with Gasteiger partial charge >= 0.3 is 0 Å². The van der Waals surface area contributed by atoms with Gasteiger partial charge < -0.3 is 9.47 Å². The van der Waals surface area contributed by atoms with Crippen LogP contribution in [0.15, 0.2) is 64.4 Å². The first-order valence-corrected chi connectivity index (χ1v) is 10.2. The Hall–Kier alpha value is -2.61. The molecule has 0 unspecified atom stereocenters. The summed E-state index contributed by atoms with van der Waals surface area (Å²) in [5.41, 5.74) is 4.50. The van der Waals surface area contributed by atoms with E-state index in [0.717, 1.165) is 5.56 Å². The number of hydrogen-bond acceptors (Lipinski definition) is 5. The predicted molar refractivity (Wildman–Crippen MR) is 121 cm³/mol. The number of hydrogen-bond donors (Lipinski definition) is 1. The molecule has 1 amide bonds. The van der Waals surface area contributed by atoms with Crippen LogP contribution in [0, 0.1) is 0 Å². The minimum absolute atomic E-state index is 0.287. The van der Waals surface area contributed by atoms with Crippen molar-refractivity contribution >= 4 is 51.3 Å². The van der Waals surface area contributed by atoms with E-state index in [4.69, 9.17) is 32.7 Å². The molecule has 2 aromatic carbocycles. The second-order valence-corrected chi connectivity index (χ2v) is 7.67. The second-order valence-electron chi connectivity index (χ2n) is 6.00. The van der Waals surface area contributed by atoms with Crippen molar-refractivity contribution < 1.29 is 14.3 Å². The lowest BCUT2D eigenvalue weighted by atomic mass is 10.2. The smallest absolute Gasteiger partial charge is 0.271 e. The van der Waals surface area contributed by atoms with Crippen LogP contribution in [0.5, 0.6) is 11.5 Å². The number of pyridine rings is 1. The zero-order valence-electron chi connectivity index (χ0n) is 15.7. The molecule has 0 aliphatic carbocycles. The molecule has 0 radical (unpaired) electrons. The van der Waals surface area contributed by atoms with Gasteiger partial charge in [-0.1, -0.05) is 29.3 Å². The molecule has 0 aliphatic rings. The van der Waals surface area contributed by atoms with Crippen LogP contribution in [0.2, 0.25) is 10.0 Å². The summed E-state index contributed by atoms with van der Waals surface area (Å²) in [4.78, 5) is 15.9. The van der Waals surface area contributed by atoms with E-state index in [-0.39, 0.29) is 12.5 Å². The monoisotopic (exact) mass is 507 g/mol. The van der Waals surface area contributed by atoms with E-state index in [1.54, 1.807) is 43.5 Å². The van der Waals surface area contributed by atoms with Crippen molar-refractivity contribution in [2.45, 2.75) is 6.61 Å². The molecule has 0 spiro atoms. The third-order valence-corrected chi connectivity index (χ3v) is 5.40. The number of ether oxygens (including phenoxy) is 2. The van der Waals surface area contributed by atoms with E-state index >= 15 is 0 Å². The van der Waals surface area contributed by atoms with E-state index in [0.29, 0.717) is 37.1 Å². The minimum Gasteiger partial charge on any atom is -0.493 e. The molecular formula is C21H16BrCl2N3O3. The molecule has 30 heavy (non-hydrogen) atoms. The quantitative estimate of drug-likeness (QED) is 0.337. The number of amides is 1. The highest BCUT2D eigenvalue weighted by molar-refractivity contribution is 9.10. The maximum Gasteiger partial charge on any atom is 0.271 e. The summed E-state index contributed by atoms with van der Waals surface area (Å²) in [6.07, 6.45) is 4.59. The van der Waals surface area contributed by atoms with E-state index in [1.165, 1.54) is 18.6 Å². The fraction of sp³-hybridized carbons (Fsp3) is 0.0952. The fourth-order valence-corrected chi connectivity index (χ4v) is 3.19. The van der Waals surface area contributed by atoms with Gasteiger partial charge in [0, 0.05) is 28.0 Å². The Kier molecular flexibility index (Phi) is 7.68. The van der Waals surface area contributed by atoms with Gasteiger partial charge in [-0.15, -0.1) is 0 Å². The standard InChI is InChI=1S/C21H16BrCl2N3O3/c1-29-19-9-15(11-26-27-21(28)14-4-6-25-7-5-14)16(22)10-20(19)30-12-13-2-3-17(23)18(24)8-13/h2-11H,12H2,1H3,(H,27,28)/b26-11+. The van der Waals surface area contributed by atoms with Crippen molar-refractivity contribution in [3.05, 3.63) is 86.1 Å². The number of carbonyl (C=O) groups excluding carboxylic acids is 1. The Bertz CT molecular complexity index is 1080. The van der Waals surface area contributed by atoms with Crippen LogP contribution in [0.3, 0.4) is 0 Å². The van der Waals surface area contributed by atoms with Crippen molar-refractivity contribution in [3.63, 3.8) is 0 Å². The molecule has 0 bridgehead atoms. The molecule has 0 atom stereocenters. The maximum absolute atomic E-state index is 12.0. The van der Waals surface area contributed by atoms with Gasteiger partial charge in [0.15, 0.2) is 11.5 Å². The normalized spacial score (nSPS) is 10.8. The first kappa shape index (κ1) is 22.1. The lowest BCUT2D eigenvalue weighted by Gasteiger charge is -2.13. The number of nitrogens with zero attached hydrogens (tertiary/aromatic N) is 2. The molecule has 1 aromatic heterocycles. The zero-order chi connectivity index (χ0) is 21.5. The first-order valence-electron chi connectivity index (χ1n) is 8.65. The maximum atomic E-state index is 12.0. The average molecular weight is 509 g/mol. The molecule has 1 heterocycles. The van der Waals surface area contributed by atoms with Crippen LogP contribution < -0.4 is 14.9 Å². The number of benzene rings is 2. The average Bonchev–Trinajstić information content (AvgIpc) is 2.76. The van der Waals surface area contributed by atoms with Crippen LogP contribution in [0.4, 0.5) is 0 Å². The highest BCUT2D eigenvalue weighted by Gasteiger charge is 2.11. The summed E-state index contributed by atoms with van der Waals surface area (Å²) in [5.74, 6) is 0.715. The van der Waals surface area contributed by atoms with E-state index in [9.17, 15) is 4.79 Å². The Morgan fingerprint density at radius 1 is 1.13 bits per heavy atom. The number of hydrazone groups is 1. The summed E-state index contributed by atoms with van der Waals surface area (Å²) < 4.78 is 12.0. The SMILES string of the molecule is COc1cc(/C=N/NC(=O)c2ccncc2)c(Br)cc1OCc1ccc(Cl)c(Cl)c1. The van der Waals surface area contributed by atoms with Crippen molar-refractivity contribution in [3.8, 4) is 11.5 Å². The highest BCUT2D eigenvalue weighted by atomic mass is 79.9. The summed E-state index contributed by atoms with van der Waals surface area (Å²) >= 11 is 15.5. The van der Waals surface area contributed by atoms with E-state index < -0.39 is 0 Å². The van der Waals surface area contributed by atoms with Gasteiger partial charge in [-0.3, -0.25) is 9.78 Å². The molecule has 1 N–H and O–H groups in total. The molecule has 0 fully saturated rings. The van der Waals surface area contributed by atoms with Gasteiger partial charge in [-0.05, 0) is 57.9 Å². The summed E-state index contributed by atoms with van der Waals surface area (Å²) in [6.45, 7) is 0.287. The van der Waals surface area contributed by atoms with Crippen molar-refractivity contribution in [2.75, 3.05) is 7.11 Å². The van der Waals surface area contributed by atoms with Gasteiger partial charge in [0.25, 0.3) is 5.91 Å². The fourth-order valence-electron chi connectivity index (χ4n) is 2.44. The number of rotatable bonds is 7. The Morgan fingerprint density at radius 3 is 2.60 bits per heavy atom. The van der Waals surface area contributed by atoms with Crippen LogP contribution in [0.1, 0.15) is 21.5 Å². The van der Waals surface area contributed by atoms with Crippen LogP contribution in [0.25, 0.3) is 0 Å². The van der Waals surface area contributed by atoms with Crippen molar-refractivity contribution in [1.29, 1.82) is 0 Å². The topological polar surface area (TPSA) is 72.8 Å². The zero-order valence-corrected chi connectivity index (χ0v) is 18.8. The lowest BCUT2D eigenvalue weighted by Crippen LogP contribution is -2.17. The molecule has 3 rings (SSSR count). The lowest BCUT2D eigenvalue weighted by molar-refractivity contribution is 0.0955. The van der Waals surface area contributed by atoms with Crippen molar-refractivity contribution in [1.82, 2.24) is 10.4 Å². The minimum atomic E-state index is -0.335. The number of methoxy groups -OCH3 is 1. The third-order valence-electron chi connectivity index (χ3n) is 3.97. The van der Waals surface area contributed by atoms with Gasteiger partial charge in [0.2, 0.25) is 0 Å². The molecule has 0 saturated heterocycles. The highest BCUT2D eigenvalue weighted by Crippen LogP contribution is 2.34. The third kappa shape index (κ3) is 5.72. The van der Waals surface area contributed by atoms with Crippen molar-refractivity contribution in [2.24, 2.45) is 5.10 Å². The Morgan fingerprint density at radius 2 is 1.90 bits per heavy atom. The predicted octanol–water partition coefficient (Wildman–Crippen LogP) is 5.50. The Balaban J connectivity index is 1.70. The number of nitrogens with one attached hydrogen (secondary N) is 1. The molecule has 0 saturated carbocycles. The number of aromatic nitrogens is 1. The molecule has 154 valence electrons. The molecule has 3 aromatic rings.